The van der Waals surface area contributed by atoms with E-state index in [9.17, 15) is 9.59 Å². The summed E-state index contributed by atoms with van der Waals surface area (Å²) >= 11 is 0. The van der Waals surface area contributed by atoms with Gasteiger partial charge >= 0.3 is 0 Å². The summed E-state index contributed by atoms with van der Waals surface area (Å²) in [5, 5.41) is 2.91. The van der Waals surface area contributed by atoms with Crippen molar-refractivity contribution in [1.29, 1.82) is 0 Å². The third-order valence-corrected chi connectivity index (χ3v) is 5.42. The summed E-state index contributed by atoms with van der Waals surface area (Å²) in [7, 11) is 0. The molecule has 2 aromatic rings. The first-order valence-corrected chi connectivity index (χ1v) is 9.95. The lowest BCUT2D eigenvalue weighted by Gasteiger charge is -2.29. The first kappa shape index (κ1) is 19.9. The van der Waals surface area contributed by atoms with E-state index in [2.05, 4.69) is 10.2 Å². The van der Waals surface area contributed by atoms with Gasteiger partial charge in [0.2, 0.25) is 11.8 Å². The number of rotatable bonds is 5. The van der Waals surface area contributed by atoms with E-state index in [-0.39, 0.29) is 18.4 Å². The number of nitrogens with zero attached hydrogens (tertiary/aromatic N) is 2. The van der Waals surface area contributed by atoms with E-state index < -0.39 is 0 Å². The zero-order valence-electron chi connectivity index (χ0n) is 17.0. The maximum absolute atomic E-state index is 12.6. The van der Waals surface area contributed by atoms with Crippen LogP contribution in [0, 0.1) is 13.8 Å². The fraction of sp³-hybridized carbons (Fsp3) is 0.391. The van der Waals surface area contributed by atoms with Gasteiger partial charge in [-0.1, -0.05) is 12.1 Å². The smallest absolute Gasteiger partial charge is 0.244 e. The quantitative estimate of drug-likeness (QED) is 0.843. The third-order valence-electron chi connectivity index (χ3n) is 5.42. The Hall–Kier alpha value is -2.82. The van der Waals surface area contributed by atoms with Gasteiger partial charge in [-0.25, -0.2) is 0 Å². The van der Waals surface area contributed by atoms with Crippen molar-refractivity contribution in [2.45, 2.75) is 40.0 Å². The van der Waals surface area contributed by atoms with E-state index in [0.29, 0.717) is 0 Å². The molecule has 0 unspecified atom stereocenters. The molecule has 0 atom stereocenters. The zero-order valence-corrected chi connectivity index (χ0v) is 17.0. The Labute approximate surface area is 167 Å². The van der Waals surface area contributed by atoms with Crippen LogP contribution in [0.5, 0.6) is 0 Å². The fourth-order valence-electron chi connectivity index (χ4n) is 3.65. The molecule has 5 nitrogen and oxygen atoms in total. The van der Waals surface area contributed by atoms with Crippen molar-refractivity contribution in [1.82, 2.24) is 0 Å². The van der Waals surface area contributed by atoms with Crippen LogP contribution in [-0.2, 0) is 9.59 Å². The van der Waals surface area contributed by atoms with Crippen molar-refractivity contribution in [3.8, 4) is 0 Å². The molecular formula is C23H29N3O2. The van der Waals surface area contributed by atoms with Gasteiger partial charge in [-0.2, -0.15) is 0 Å². The minimum Gasteiger partial charge on any atom is -0.372 e. The molecule has 1 aliphatic rings. The number of hydrogen-bond donors (Lipinski definition) is 1. The van der Waals surface area contributed by atoms with Crippen LogP contribution in [0.4, 0.5) is 17.1 Å². The number of carbonyl (C=O) groups excluding carboxylic acids is 2. The predicted octanol–water partition coefficient (Wildman–Crippen LogP) is 4.29. The predicted molar refractivity (Wildman–Crippen MR) is 115 cm³/mol. The lowest BCUT2D eigenvalue weighted by Crippen LogP contribution is -2.37. The van der Waals surface area contributed by atoms with Gasteiger partial charge in [-0.15, -0.1) is 0 Å². The lowest BCUT2D eigenvalue weighted by molar-refractivity contribution is -0.120. The van der Waals surface area contributed by atoms with Gasteiger partial charge in [0.15, 0.2) is 0 Å². The largest absolute Gasteiger partial charge is 0.372 e. The molecule has 0 spiro atoms. The molecule has 148 valence electrons. The molecule has 0 aromatic heterocycles. The number of carbonyl (C=O) groups is 2. The van der Waals surface area contributed by atoms with E-state index in [1.807, 2.05) is 56.3 Å². The highest BCUT2D eigenvalue weighted by Crippen LogP contribution is 2.24. The second kappa shape index (κ2) is 8.91. The van der Waals surface area contributed by atoms with Crippen molar-refractivity contribution >= 4 is 28.9 Å². The van der Waals surface area contributed by atoms with Crippen molar-refractivity contribution in [2.75, 3.05) is 34.8 Å². The molecule has 1 saturated heterocycles. The fourth-order valence-corrected chi connectivity index (χ4v) is 3.65. The van der Waals surface area contributed by atoms with Crippen LogP contribution in [-0.4, -0.2) is 31.4 Å². The molecule has 2 amide bonds. The summed E-state index contributed by atoms with van der Waals surface area (Å²) in [5.74, 6) is -0.355. The lowest BCUT2D eigenvalue weighted by atomic mass is 10.1. The summed E-state index contributed by atoms with van der Waals surface area (Å²) in [5.41, 5.74) is 4.82. The van der Waals surface area contributed by atoms with Gasteiger partial charge in [-0.05, 0) is 74.6 Å². The Morgan fingerprint density at radius 2 is 1.68 bits per heavy atom. The topological polar surface area (TPSA) is 52.7 Å². The first-order chi connectivity index (χ1) is 13.5. The maximum Gasteiger partial charge on any atom is 0.244 e. The normalized spacial score (nSPS) is 13.9. The van der Waals surface area contributed by atoms with E-state index in [4.69, 9.17) is 0 Å². The summed E-state index contributed by atoms with van der Waals surface area (Å²) < 4.78 is 0. The first-order valence-electron chi connectivity index (χ1n) is 9.95. The molecule has 0 radical (unpaired) electrons. The Morgan fingerprint density at radius 3 is 2.32 bits per heavy atom. The second-order valence-electron chi connectivity index (χ2n) is 7.47. The Kier molecular flexibility index (Phi) is 6.34. The number of anilines is 3. The molecule has 5 heteroatoms. The highest BCUT2D eigenvalue weighted by Gasteiger charge is 2.18. The molecule has 2 aromatic carbocycles. The van der Waals surface area contributed by atoms with Crippen LogP contribution in [0.25, 0.3) is 0 Å². The summed E-state index contributed by atoms with van der Waals surface area (Å²) in [6, 6.07) is 13.7. The number of nitrogens with one attached hydrogen (secondary N) is 1. The van der Waals surface area contributed by atoms with E-state index in [1.54, 1.807) is 0 Å². The average molecular weight is 380 g/mol. The molecule has 1 fully saturated rings. The van der Waals surface area contributed by atoms with Gasteiger partial charge in [0.05, 0.1) is 0 Å². The average Bonchev–Trinajstić information content (AvgIpc) is 2.69. The highest BCUT2D eigenvalue weighted by atomic mass is 16.2. The number of amides is 2. The maximum atomic E-state index is 12.6. The monoisotopic (exact) mass is 379 g/mol. The Morgan fingerprint density at radius 1 is 1.00 bits per heavy atom. The molecule has 1 N–H and O–H groups in total. The van der Waals surface area contributed by atoms with E-state index in [0.717, 1.165) is 35.6 Å². The van der Waals surface area contributed by atoms with Crippen LogP contribution in [0.2, 0.25) is 0 Å². The molecular weight excluding hydrogens is 350 g/mol. The Bertz CT molecular complexity index is 839. The standard InChI is InChI=1S/C23H29N3O2/c1-17-8-7-9-22(18(17)2)26(19(3)27)16-23(28)24-20-10-12-21(13-11-20)25-14-5-4-6-15-25/h7-13H,4-6,14-16H2,1-3H3,(H,24,28). The molecule has 1 aliphatic heterocycles. The number of aryl methyl sites for hydroxylation is 1. The van der Waals surface area contributed by atoms with Crippen LogP contribution < -0.4 is 15.1 Å². The van der Waals surface area contributed by atoms with Crippen molar-refractivity contribution in [2.24, 2.45) is 0 Å². The summed E-state index contributed by atoms with van der Waals surface area (Å²) in [6.45, 7) is 7.64. The second-order valence-corrected chi connectivity index (χ2v) is 7.47. The molecule has 0 aliphatic carbocycles. The van der Waals surface area contributed by atoms with Gasteiger partial charge in [-0.3, -0.25) is 9.59 Å². The van der Waals surface area contributed by atoms with Gasteiger partial charge in [0.1, 0.15) is 6.54 Å². The van der Waals surface area contributed by atoms with Crippen LogP contribution >= 0.6 is 0 Å². The van der Waals surface area contributed by atoms with Gasteiger partial charge in [0.25, 0.3) is 0 Å². The van der Waals surface area contributed by atoms with Crippen LogP contribution in [0.1, 0.15) is 37.3 Å². The van der Waals surface area contributed by atoms with Crippen molar-refractivity contribution < 1.29 is 9.59 Å². The summed E-state index contributed by atoms with van der Waals surface area (Å²) in [4.78, 5) is 28.6. The van der Waals surface area contributed by atoms with Crippen LogP contribution in [0.3, 0.4) is 0 Å². The molecule has 28 heavy (non-hydrogen) atoms. The molecule has 1 heterocycles. The van der Waals surface area contributed by atoms with E-state index in [1.165, 1.54) is 36.8 Å². The minimum absolute atomic E-state index is 0.00645. The molecule has 0 saturated carbocycles. The third kappa shape index (κ3) is 4.71. The van der Waals surface area contributed by atoms with Crippen molar-refractivity contribution in [3.05, 3.63) is 53.6 Å². The highest BCUT2D eigenvalue weighted by molar-refractivity contribution is 6.02. The van der Waals surface area contributed by atoms with Crippen LogP contribution in [0.15, 0.2) is 42.5 Å². The SMILES string of the molecule is CC(=O)N(CC(=O)Nc1ccc(N2CCCCC2)cc1)c1cccc(C)c1C. The minimum atomic E-state index is -0.207. The van der Waals surface area contributed by atoms with E-state index >= 15 is 0 Å². The molecule has 0 bridgehead atoms. The van der Waals surface area contributed by atoms with Gasteiger partial charge < -0.3 is 15.1 Å². The number of benzene rings is 2. The number of piperidine rings is 1. The van der Waals surface area contributed by atoms with Crippen molar-refractivity contribution in [3.63, 3.8) is 0 Å². The molecule has 3 rings (SSSR count). The van der Waals surface area contributed by atoms with Gasteiger partial charge in [0, 0.05) is 37.1 Å². The summed E-state index contributed by atoms with van der Waals surface area (Å²) in [6.07, 6.45) is 3.77. The zero-order chi connectivity index (χ0) is 20.1. The Balaban J connectivity index is 1.66. The number of hydrogen-bond acceptors (Lipinski definition) is 3.